The van der Waals surface area contributed by atoms with Crippen LogP contribution in [0.4, 0.5) is 0 Å². The van der Waals surface area contributed by atoms with Crippen LogP contribution in [0.2, 0.25) is 0 Å². The Hall–Kier alpha value is -1.88. The molecule has 0 saturated carbocycles. The second-order valence-electron chi connectivity index (χ2n) is 21.5. The highest BCUT2D eigenvalue weighted by atomic mass is 31.2. The topological polar surface area (TPSA) is 321 Å². The lowest BCUT2D eigenvalue weighted by atomic mass is 9.89. The summed E-state index contributed by atoms with van der Waals surface area (Å²) in [4.78, 5) is 59.8. The van der Waals surface area contributed by atoms with Gasteiger partial charge in [0, 0.05) is 12.8 Å². The molecule has 0 bridgehead atoms. The number of hydrogen-bond acceptors (Lipinski definition) is 16. The summed E-state index contributed by atoms with van der Waals surface area (Å²) in [6.07, 6.45) is 12.3. The van der Waals surface area contributed by atoms with E-state index in [-0.39, 0.29) is 25.7 Å². The first-order chi connectivity index (χ1) is 36.5. The lowest BCUT2D eigenvalue weighted by Crippen LogP contribution is -2.67. The molecule has 0 aromatic rings. The van der Waals surface area contributed by atoms with Crippen molar-refractivity contribution in [1.82, 2.24) is 10.6 Å². The van der Waals surface area contributed by atoms with Gasteiger partial charge in [-0.3, -0.25) is 18.9 Å². The minimum atomic E-state index is -5.33. The molecule has 0 aliphatic carbocycles. The summed E-state index contributed by atoms with van der Waals surface area (Å²) in [7, 11) is -5.33. The van der Waals surface area contributed by atoms with Crippen LogP contribution in [0.1, 0.15) is 233 Å². The molecule has 2 fully saturated rings. The highest BCUT2D eigenvalue weighted by Crippen LogP contribution is 2.41. The minimum Gasteiger partial charge on any atom is -0.462 e. The number of carbonyl (C=O) groups excluding carboxylic acids is 3. The fourth-order valence-corrected chi connectivity index (χ4v) is 10.7. The standard InChI is InChI=1S/C55H105N2O18P/c1-4-7-10-13-16-19-22-25-28-31-40(60)35-46(62)56-49-43(34-41(61)37-58)73-45(51(65)52(49)66)39-71-55-50(53(67)54(44(38-59)74-55)75-76(68,69)70)57-47(63)36-42(32-29-26-23-20-17-14-11-8-5-2)72-48(64)33-30-27-24-21-18-15-12-9-6-3/h40-45,49-55,58-61,65-67H,4-39H2,1-3H3,(H,56,62)(H,57,63)(H2,68,69,70)/t40-,41?,42-,43-,44-,45-,49+,50-,51-,52-,53-,54-,55-/m1/s1. The number of nitrogens with one attached hydrogen (secondary N) is 2. The summed E-state index contributed by atoms with van der Waals surface area (Å²) in [6, 6.07) is -2.96. The first-order valence-electron chi connectivity index (χ1n) is 29.5. The molecule has 2 saturated heterocycles. The first-order valence-corrected chi connectivity index (χ1v) is 31.1. The average molecular weight is 1110 g/mol. The lowest BCUT2D eigenvalue weighted by Gasteiger charge is -2.46. The Morgan fingerprint density at radius 3 is 1.53 bits per heavy atom. The summed E-state index contributed by atoms with van der Waals surface area (Å²) in [6.45, 7) is 4.25. The van der Waals surface area contributed by atoms with E-state index in [2.05, 4.69) is 31.4 Å². The summed E-state index contributed by atoms with van der Waals surface area (Å²) >= 11 is 0. The van der Waals surface area contributed by atoms with Crippen LogP contribution in [-0.4, -0.2) is 163 Å². The number of hydrogen-bond donors (Lipinski definition) is 11. The van der Waals surface area contributed by atoms with Gasteiger partial charge in [-0.05, 0) is 25.7 Å². The van der Waals surface area contributed by atoms with Crippen LogP contribution >= 0.6 is 7.82 Å². The van der Waals surface area contributed by atoms with Gasteiger partial charge in [-0.15, -0.1) is 0 Å². The molecule has 448 valence electrons. The smallest absolute Gasteiger partial charge is 0.462 e. The molecular weight excluding hydrogens is 1010 g/mol. The molecular formula is C55H105N2O18P. The van der Waals surface area contributed by atoms with Crippen molar-refractivity contribution in [2.24, 2.45) is 0 Å². The number of esters is 1. The largest absolute Gasteiger partial charge is 0.470 e. The third-order valence-corrected chi connectivity index (χ3v) is 15.2. The zero-order chi connectivity index (χ0) is 56.1. The van der Waals surface area contributed by atoms with Gasteiger partial charge in [-0.25, -0.2) is 4.57 Å². The van der Waals surface area contributed by atoms with Crippen molar-refractivity contribution in [3.63, 3.8) is 0 Å². The Kier molecular flexibility index (Phi) is 38.8. The van der Waals surface area contributed by atoms with Crippen molar-refractivity contribution < 1.29 is 88.0 Å². The lowest BCUT2D eigenvalue weighted by molar-refractivity contribution is -0.284. The number of phosphoric acid groups is 1. The number of rotatable bonds is 46. The number of phosphoric ester groups is 1. The summed E-state index contributed by atoms with van der Waals surface area (Å²) < 4.78 is 40.7. The Bertz CT molecular complexity index is 1550. The van der Waals surface area contributed by atoms with Gasteiger partial charge < -0.3 is 75.1 Å². The van der Waals surface area contributed by atoms with Crippen molar-refractivity contribution in [1.29, 1.82) is 0 Å². The van der Waals surface area contributed by atoms with E-state index in [1.165, 1.54) is 83.5 Å². The summed E-state index contributed by atoms with van der Waals surface area (Å²) in [5.74, 6) is -1.83. The molecule has 1 unspecified atom stereocenters. The third kappa shape index (κ3) is 30.6. The number of carbonyl (C=O) groups is 3. The molecule has 13 atom stereocenters. The van der Waals surface area contributed by atoms with E-state index in [9.17, 15) is 64.5 Å². The van der Waals surface area contributed by atoms with E-state index in [0.29, 0.717) is 25.7 Å². The van der Waals surface area contributed by atoms with Crippen molar-refractivity contribution in [3.05, 3.63) is 0 Å². The minimum absolute atomic E-state index is 0.181. The highest BCUT2D eigenvalue weighted by molar-refractivity contribution is 7.46. The molecule has 21 heteroatoms. The van der Waals surface area contributed by atoms with Gasteiger partial charge in [0.05, 0.1) is 57.0 Å². The maximum Gasteiger partial charge on any atom is 0.470 e. The molecule has 2 aliphatic heterocycles. The fourth-order valence-electron chi connectivity index (χ4n) is 10.2. The number of aliphatic hydroxyl groups is 7. The van der Waals surface area contributed by atoms with Crippen LogP contribution in [0.15, 0.2) is 0 Å². The molecule has 0 aromatic heterocycles. The molecule has 0 spiro atoms. The SMILES string of the molecule is CCCCCCCCCCCC(=O)O[C@H](CCCCCCCCCCC)CC(=O)N[C@H]1[C@H](OC[C@H]2O[C@H](CC(O)CO)[C@H](NC(=O)C[C@H](O)CCCCCCCCCCC)[C@@H](O)[C@@H]2O)O[C@H](CO)[C@@H](OP(=O)(O)O)[C@@H]1O. The van der Waals surface area contributed by atoms with Crippen LogP contribution < -0.4 is 10.6 Å². The molecule has 76 heavy (non-hydrogen) atoms. The predicted molar refractivity (Wildman–Crippen MR) is 288 cm³/mol. The fraction of sp³-hybridized carbons (Fsp3) is 0.945. The monoisotopic (exact) mass is 1110 g/mol. The van der Waals surface area contributed by atoms with Crippen LogP contribution in [0.3, 0.4) is 0 Å². The van der Waals surface area contributed by atoms with E-state index in [4.69, 9.17) is 23.5 Å². The Labute approximate surface area is 454 Å². The zero-order valence-electron chi connectivity index (χ0n) is 46.6. The van der Waals surface area contributed by atoms with Crippen LogP contribution in [0, 0.1) is 0 Å². The second kappa shape index (κ2) is 42.0. The molecule has 2 rings (SSSR count). The van der Waals surface area contributed by atoms with E-state index >= 15 is 0 Å². The normalized spacial score (nSPS) is 25.2. The van der Waals surface area contributed by atoms with Crippen molar-refractivity contribution >= 4 is 25.6 Å². The Morgan fingerprint density at radius 1 is 0.553 bits per heavy atom. The van der Waals surface area contributed by atoms with Gasteiger partial charge in [0.2, 0.25) is 11.8 Å². The second-order valence-corrected chi connectivity index (χ2v) is 22.7. The maximum absolute atomic E-state index is 14.0. The first kappa shape index (κ1) is 70.2. The van der Waals surface area contributed by atoms with Gasteiger partial charge in [-0.1, -0.05) is 181 Å². The molecule has 2 amide bonds. The zero-order valence-corrected chi connectivity index (χ0v) is 47.5. The maximum atomic E-state index is 14.0. The van der Waals surface area contributed by atoms with E-state index in [1.807, 2.05) is 0 Å². The molecule has 2 heterocycles. The van der Waals surface area contributed by atoms with Gasteiger partial charge in [-0.2, -0.15) is 0 Å². The van der Waals surface area contributed by atoms with E-state index in [1.54, 1.807) is 0 Å². The Morgan fingerprint density at radius 2 is 1.03 bits per heavy atom. The number of ether oxygens (including phenoxy) is 4. The molecule has 0 aromatic carbocycles. The summed E-state index contributed by atoms with van der Waals surface area (Å²) in [5, 5.41) is 80.7. The van der Waals surface area contributed by atoms with Gasteiger partial charge in [0.25, 0.3) is 0 Å². The molecule has 11 N–H and O–H groups in total. The predicted octanol–water partition coefficient (Wildman–Crippen LogP) is 6.58. The van der Waals surface area contributed by atoms with Crippen molar-refractivity contribution in [2.75, 3.05) is 19.8 Å². The quantitative estimate of drug-likeness (QED) is 0.0174. The van der Waals surface area contributed by atoms with Crippen molar-refractivity contribution in [2.45, 2.75) is 312 Å². The molecule has 2 aliphatic rings. The van der Waals surface area contributed by atoms with E-state index in [0.717, 1.165) is 77.0 Å². The van der Waals surface area contributed by atoms with Gasteiger partial charge in [0.15, 0.2) is 6.29 Å². The number of amides is 2. The van der Waals surface area contributed by atoms with E-state index < -0.39 is 125 Å². The van der Waals surface area contributed by atoms with Crippen LogP contribution in [0.25, 0.3) is 0 Å². The average Bonchev–Trinajstić information content (AvgIpc) is 3.37. The molecule has 0 radical (unpaired) electrons. The Balaban J connectivity index is 2.20. The highest BCUT2D eigenvalue weighted by Gasteiger charge is 2.51. The van der Waals surface area contributed by atoms with Crippen molar-refractivity contribution in [3.8, 4) is 0 Å². The number of unbranched alkanes of at least 4 members (excludes halogenated alkanes) is 24. The van der Waals surface area contributed by atoms with Gasteiger partial charge in [0.1, 0.15) is 48.8 Å². The van der Waals surface area contributed by atoms with Crippen LogP contribution in [0.5, 0.6) is 0 Å². The third-order valence-electron chi connectivity index (χ3n) is 14.6. The number of aliphatic hydroxyl groups excluding tert-OH is 7. The van der Waals surface area contributed by atoms with Crippen LogP contribution in [-0.2, 0) is 42.4 Å². The van der Waals surface area contributed by atoms with Gasteiger partial charge >= 0.3 is 13.8 Å². The summed E-state index contributed by atoms with van der Waals surface area (Å²) in [5.41, 5.74) is 0. The molecule has 20 nitrogen and oxygen atoms in total.